The Morgan fingerprint density at radius 2 is 1.69 bits per heavy atom. The first-order valence-electron chi connectivity index (χ1n) is 5.33. The topological polar surface area (TPSA) is 29.3 Å². The minimum absolute atomic E-state index is 0.808. The zero-order valence-corrected chi connectivity index (χ0v) is 9.64. The van der Waals surface area contributed by atoms with E-state index in [0.29, 0.717) is 0 Å². The summed E-state index contributed by atoms with van der Waals surface area (Å²) in [4.78, 5) is 2.16. The molecule has 0 amide bonds. The Hall–Kier alpha value is -1.96. The van der Waals surface area contributed by atoms with Crippen molar-refractivity contribution in [3.8, 4) is 0 Å². The molecule has 2 N–H and O–H groups in total. The number of para-hydroxylation sites is 1. The number of hydrogen-bond donors (Lipinski definition) is 1. The molecule has 0 heterocycles. The van der Waals surface area contributed by atoms with E-state index >= 15 is 0 Å². The molecule has 0 aliphatic rings. The van der Waals surface area contributed by atoms with Gasteiger partial charge in [0.25, 0.3) is 0 Å². The monoisotopic (exact) mass is 212 g/mol. The van der Waals surface area contributed by atoms with E-state index in [1.807, 2.05) is 30.3 Å². The number of hydrogen-bond acceptors (Lipinski definition) is 2. The molecule has 2 heteroatoms. The Kier molecular flexibility index (Phi) is 2.82. The molecule has 0 radical (unpaired) electrons. The molecule has 0 spiro atoms. The van der Waals surface area contributed by atoms with Crippen molar-refractivity contribution in [1.82, 2.24) is 0 Å². The van der Waals surface area contributed by atoms with Crippen LogP contribution in [-0.4, -0.2) is 7.05 Å². The number of nitrogens with two attached hydrogens (primary N) is 1. The van der Waals surface area contributed by atoms with Crippen molar-refractivity contribution in [3.05, 3.63) is 54.1 Å². The summed E-state index contributed by atoms with van der Waals surface area (Å²) < 4.78 is 0. The summed E-state index contributed by atoms with van der Waals surface area (Å²) in [5, 5.41) is 0. The zero-order chi connectivity index (χ0) is 11.5. The van der Waals surface area contributed by atoms with E-state index in [9.17, 15) is 0 Å². The van der Waals surface area contributed by atoms with E-state index in [2.05, 4.69) is 37.1 Å². The predicted molar refractivity (Wildman–Crippen MR) is 70.1 cm³/mol. The van der Waals surface area contributed by atoms with E-state index in [1.165, 1.54) is 16.9 Å². The van der Waals surface area contributed by atoms with Crippen LogP contribution in [0.15, 0.2) is 48.5 Å². The lowest BCUT2D eigenvalue weighted by molar-refractivity contribution is 1.19. The van der Waals surface area contributed by atoms with Crippen LogP contribution >= 0.6 is 0 Å². The molecule has 82 valence electrons. The van der Waals surface area contributed by atoms with Gasteiger partial charge in [-0.15, -0.1) is 0 Å². The third kappa shape index (κ3) is 2.01. The quantitative estimate of drug-likeness (QED) is 0.773. The second-order valence-electron chi connectivity index (χ2n) is 3.94. The summed E-state index contributed by atoms with van der Waals surface area (Å²) in [5.74, 6) is 0. The molecule has 0 bridgehead atoms. The van der Waals surface area contributed by atoms with Gasteiger partial charge >= 0.3 is 0 Å². The lowest BCUT2D eigenvalue weighted by Gasteiger charge is -2.21. The normalized spacial score (nSPS) is 10.1. The number of anilines is 3. The van der Waals surface area contributed by atoms with Crippen LogP contribution in [0.5, 0.6) is 0 Å². The van der Waals surface area contributed by atoms with Gasteiger partial charge in [-0.3, -0.25) is 0 Å². The summed E-state index contributed by atoms with van der Waals surface area (Å²) in [6.07, 6.45) is 0. The molecular weight excluding hydrogens is 196 g/mol. The molecule has 0 aliphatic carbocycles. The minimum atomic E-state index is 0.808. The Morgan fingerprint density at radius 1 is 1.00 bits per heavy atom. The van der Waals surface area contributed by atoms with Gasteiger partial charge in [0.15, 0.2) is 0 Å². The van der Waals surface area contributed by atoms with E-state index in [0.717, 1.165) is 5.69 Å². The highest BCUT2D eigenvalue weighted by Gasteiger charge is 2.05. The zero-order valence-electron chi connectivity index (χ0n) is 9.64. The van der Waals surface area contributed by atoms with Crippen LogP contribution in [0.3, 0.4) is 0 Å². The fourth-order valence-electron chi connectivity index (χ4n) is 1.85. The van der Waals surface area contributed by atoms with Crippen molar-refractivity contribution in [2.75, 3.05) is 17.7 Å². The van der Waals surface area contributed by atoms with Gasteiger partial charge in [-0.05, 0) is 42.8 Å². The van der Waals surface area contributed by atoms with Crippen molar-refractivity contribution in [2.45, 2.75) is 6.92 Å². The fourth-order valence-corrected chi connectivity index (χ4v) is 1.85. The lowest BCUT2D eigenvalue weighted by Crippen LogP contribution is -2.10. The number of aryl methyl sites for hydroxylation is 1. The van der Waals surface area contributed by atoms with Crippen LogP contribution in [0, 0.1) is 6.92 Å². The highest BCUT2D eigenvalue weighted by atomic mass is 15.1. The highest BCUT2D eigenvalue weighted by Crippen LogP contribution is 2.27. The molecule has 2 aromatic carbocycles. The second kappa shape index (κ2) is 4.27. The summed E-state index contributed by atoms with van der Waals surface area (Å²) in [7, 11) is 2.06. The summed E-state index contributed by atoms with van der Waals surface area (Å²) in [5.41, 5.74) is 10.1. The molecule has 0 saturated carbocycles. The van der Waals surface area contributed by atoms with Crippen LogP contribution < -0.4 is 10.6 Å². The maximum absolute atomic E-state index is 5.75. The molecule has 0 saturated heterocycles. The second-order valence-corrected chi connectivity index (χ2v) is 3.94. The minimum Gasteiger partial charge on any atom is -0.399 e. The number of rotatable bonds is 2. The fraction of sp³-hybridized carbons (Fsp3) is 0.143. The van der Waals surface area contributed by atoms with Crippen molar-refractivity contribution in [3.63, 3.8) is 0 Å². The smallest absolute Gasteiger partial charge is 0.0439 e. The first kappa shape index (κ1) is 10.6. The van der Waals surface area contributed by atoms with Crippen LogP contribution in [-0.2, 0) is 0 Å². The number of nitrogen functional groups attached to an aromatic ring is 1. The van der Waals surface area contributed by atoms with Gasteiger partial charge in [-0.1, -0.05) is 18.2 Å². The van der Waals surface area contributed by atoms with Crippen molar-refractivity contribution in [1.29, 1.82) is 0 Å². The van der Waals surface area contributed by atoms with Crippen molar-refractivity contribution < 1.29 is 0 Å². The molecule has 0 atom stereocenters. The van der Waals surface area contributed by atoms with Gasteiger partial charge in [-0.25, -0.2) is 0 Å². The van der Waals surface area contributed by atoms with Crippen LogP contribution in [0.1, 0.15) is 5.56 Å². The Balaban J connectivity index is 2.38. The van der Waals surface area contributed by atoms with E-state index in [-0.39, 0.29) is 0 Å². The summed E-state index contributed by atoms with van der Waals surface area (Å²) in [6, 6.07) is 16.3. The summed E-state index contributed by atoms with van der Waals surface area (Å²) in [6.45, 7) is 2.07. The molecule has 0 unspecified atom stereocenters. The molecule has 0 aliphatic heterocycles. The largest absolute Gasteiger partial charge is 0.399 e. The van der Waals surface area contributed by atoms with E-state index in [4.69, 9.17) is 5.73 Å². The highest BCUT2D eigenvalue weighted by molar-refractivity contribution is 5.67. The van der Waals surface area contributed by atoms with Crippen LogP contribution in [0.25, 0.3) is 0 Å². The predicted octanol–water partition coefficient (Wildman–Crippen LogP) is 3.35. The Labute approximate surface area is 96.3 Å². The van der Waals surface area contributed by atoms with E-state index in [1.54, 1.807) is 0 Å². The Bertz CT molecular complexity index is 477. The lowest BCUT2D eigenvalue weighted by atomic mass is 10.1. The van der Waals surface area contributed by atoms with Gasteiger partial charge in [0.1, 0.15) is 0 Å². The molecule has 2 aromatic rings. The SMILES string of the molecule is Cc1cc(N)ccc1N(C)c1ccccc1. The van der Waals surface area contributed by atoms with Crippen molar-refractivity contribution in [2.24, 2.45) is 0 Å². The first-order valence-corrected chi connectivity index (χ1v) is 5.33. The third-order valence-electron chi connectivity index (χ3n) is 2.73. The molecule has 16 heavy (non-hydrogen) atoms. The number of nitrogens with zero attached hydrogens (tertiary/aromatic N) is 1. The molecule has 0 fully saturated rings. The van der Waals surface area contributed by atoms with Crippen LogP contribution in [0.2, 0.25) is 0 Å². The van der Waals surface area contributed by atoms with Gasteiger partial charge in [-0.2, -0.15) is 0 Å². The van der Waals surface area contributed by atoms with Gasteiger partial charge in [0.05, 0.1) is 0 Å². The van der Waals surface area contributed by atoms with Gasteiger partial charge < -0.3 is 10.6 Å². The van der Waals surface area contributed by atoms with Gasteiger partial charge in [0, 0.05) is 24.1 Å². The maximum Gasteiger partial charge on any atom is 0.0439 e. The molecule has 2 rings (SSSR count). The average Bonchev–Trinajstić information content (AvgIpc) is 2.29. The molecule has 0 aromatic heterocycles. The molecule has 2 nitrogen and oxygen atoms in total. The first-order chi connectivity index (χ1) is 7.68. The number of benzene rings is 2. The Morgan fingerprint density at radius 3 is 2.31 bits per heavy atom. The maximum atomic E-state index is 5.75. The third-order valence-corrected chi connectivity index (χ3v) is 2.73. The van der Waals surface area contributed by atoms with Gasteiger partial charge in [0.2, 0.25) is 0 Å². The molecular formula is C14H16N2. The van der Waals surface area contributed by atoms with Crippen molar-refractivity contribution >= 4 is 17.1 Å². The van der Waals surface area contributed by atoms with E-state index < -0.39 is 0 Å². The summed E-state index contributed by atoms with van der Waals surface area (Å²) >= 11 is 0. The average molecular weight is 212 g/mol. The van der Waals surface area contributed by atoms with Crippen LogP contribution in [0.4, 0.5) is 17.1 Å². The standard InChI is InChI=1S/C14H16N2/c1-11-10-12(15)8-9-14(11)16(2)13-6-4-3-5-7-13/h3-10H,15H2,1-2H3.